The van der Waals surface area contributed by atoms with E-state index in [1.165, 1.54) is 29.8 Å². The minimum Gasteiger partial charge on any atom is -0.490 e. The molecule has 2 aliphatic rings. The summed E-state index contributed by atoms with van der Waals surface area (Å²) in [6.07, 6.45) is 7.00. The highest BCUT2D eigenvalue weighted by atomic mass is 32.1. The lowest BCUT2D eigenvalue weighted by Crippen LogP contribution is -2.29. The first-order valence-corrected chi connectivity index (χ1v) is 13.5. The summed E-state index contributed by atoms with van der Waals surface area (Å²) in [6.45, 7) is 4.36. The third-order valence-electron chi connectivity index (χ3n) is 7.62. The van der Waals surface area contributed by atoms with E-state index in [1.807, 2.05) is 18.3 Å². The number of para-hydroxylation sites is 1. The lowest BCUT2D eigenvalue weighted by atomic mass is 9.96. The number of benzene rings is 2. The molecular formula is C31H32N4OS. The molecule has 1 N–H and O–H groups in total. The van der Waals surface area contributed by atoms with Gasteiger partial charge in [-0.1, -0.05) is 24.3 Å². The summed E-state index contributed by atoms with van der Waals surface area (Å²) in [7, 11) is 0. The first kappa shape index (κ1) is 23.7. The highest BCUT2D eigenvalue weighted by Crippen LogP contribution is 2.44. The van der Waals surface area contributed by atoms with Gasteiger partial charge in [-0.15, -0.1) is 0 Å². The van der Waals surface area contributed by atoms with Crippen LogP contribution in [-0.2, 0) is 0 Å². The Morgan fingerprint density at radius 2 is 1.62 bits per heavy atom. The van der Waals surface area contributed by atoms with Gasteiger partial charge in [-0.3, -0.25) is 4.98 Å². The SMILES string of the molecule is Cc1cc([C@@H]2[C@@H](c3ccccn3)NC(=S)N2c2ccc(OC3CCCC3)cc2)c(C)n1-c1ccccc1. The zero-order chi connectivity index (χ0) is 25.4. The number of thiocarbonyl (C=S) groups is 1. The van der Waals surface area contributed by atoms with Gasteiger partial charge in [-0.25, -0.2) is 0 Å². The third kappa shape index (κ3) is 4.51. The molecule has 6 rings (SSSR count). The second-order valence-corrected chi connectivity index (χ2v) is 10.4. The van der Waals surface area contributed by atoms with Gasteiger partial charge >= 0.3 is 0 Å². The molecule has 0 radical (unpaired) electrons. The van der Waals surface area contributed by atoms with Crippen LogP contribution in [-0.4, -0.2) is 20.8 Å². The smallest absolute Gasteiger partial charge is 0.174 e. The van der Waals surface area contributed by atoms with Crippen molar-refractivity contribution in [2.45, 2.75) is 57.7 Å². The number of hydrogen-bond acceptors (Lipinski definition) is 3. The zero-order valence-corrected chi connectivity index (χ0v) is 22.1. The molecular weight excluding hydrogens is 476 g/mol. The van der Waals surface area contributed by atoms with Gasteiger partial charge < -0.3 is 19.5 Å². The van der Waals surface area contributed by atoms with Gasteiger partial charge in [0.25, 0.3) is 0 Å². The lowest BCUT2D eigenvalue weighted by Gasteiger charge is -2.28. The van der Waals surface area contributed by atoms with Gasteiger partial charge in [0.1, 0.15) is 5.75 Å². The summed E-state index contributed by atoms with van der Waals surface area (Å²) in [5.41, 5.74) is 6.80. The molecule has 2 atom stereocenters. The van der Waals surface area contributed by atoms with E-state index in [0.29, 0.717) is 11.2 Å². The number of pyridine rings is 1. The largest absolute Gasteiger partial charge is 0.490 e. The number of ether oxygens (including phenoxy) is 1. The first-order valence-electron chi connectivity index (χ1n) is 13.1. The molecule has 2 aromatic heterocycles. The minimum absolute atomic E-state index is 0.0485. The Bertz CT molecular complexity index is 1380. The molecule has 2 fully saturated rings. The Hall–Kier alpha value is -3.64. The van der Waals surface area contributed by atoms with Gasteiger partial charge in [0.05, 0.1) is 23.9 Å². The Morgan fingerprint density at radius 3 is 2.32 bits per heavy atom. The van der Waals surface area contributed by atoms with Crippen molar-refractivity contribution in [3.05, 3.63) is 108 Å². The van der Waals surface area contributed by atoms with Gasteiger partial charge in [-0.2, -0.15) is 0 Å². The lowest BCUT2D eigenvalue weighted by molar-refractivity contribution is 0.210. The van der Waals surface area contributed by atoms with E-state index in [0.717, 1.165) is 35.7 Å². The minimum atomic E-state index is -0.0761. The number of nitrogens with one attached hydrogen (secondary N) is 1. The molecule has 2 aromatic carbocycles. The first-order chi connectivity index (χ1) is 18.1. The van der Waals surface area contributed by atoms with Crippen LogP contribution in [0.5, 0.6) is 5.75 Å². The maximum atomic E-state index is 6.23. The average Bonchev–Trinajstić information content (AvgIpc) is 3.63. The molecule has 6 heteroatoms. The van der Waals surface area contributed by atoms with Crippen molar-refractivity contribution in [3.8, 4) is 11.4 Å². The Morgan fingerprint density at radius 1 is 0.892 bits per heavy atom. The van der Waals surface area contributed by atoms with Crippen LogP contribution in [0.1, 0.15) is 60.4 Å². The van der Waals surface area contributed by atoms with Gasteiger partial charge in [0.2, 0.25) is 0 Å². The van der Waals surface area contributed by atoms with E-state index in [4.69, 9.17) is 21.9 Å². The number of aryl methyl sites for hydroxylation is 1. The van der Waals surface area contributed by atoms with Crippen LogP contribution in [0.25, 0.3) is 5.69 Å². The maximum absolute atomic E-state index is 6.23. The van der Waals surface area contributed by atoms with Gasteiger partial charge in [0, 0.05) is 29.0 Å². The fourth-order valence-corrected chi connectivity index (χ4v) is 6.24. The molecule has 0 spiro atoms. The third-order valence-corrected chi connectivity index (χ3v) is 7.94. The highest BCUT2D eigenvalue weighted by Gasteiger charge is 2.42. The average molecular weight is 509 g/mol. The molecule has 0 unspecified atom stereocenters. The summed E-state index contributed by atoms with van der Waals surface area (Å²) in [5, 5.41) is 4.29. The second kappa shape index (κ2) is 10.0. The van der Waals surface area contributed by atoms with E-state index in [9.17, 15) is 0 Å². The molecule has 0 amide bonds. The van der Waals surface area contributed by atoms with Crippen molar-refractivity contribution in [3.63, 3.8) is 0 Å². The van der Waals surface area contributed by atoms with Gasteiger partial charge in [0.15, 0.2) is 5.11 Å². The highest BCUT2D eigenvalue weighted by molar-refractivity contribution is 7.80. The van der Waals surface area contributed by atoms with Crippen LogP contribution in [0.15, 0.2) is 85.1 Å². The number of aromatic nitrogens is 2. The summed E-state index contributed by atoms with van der Waals surface area (Å²) < 4.78 is 8.55. The van der Waals surface area contributed by atoms with Crippen molar-refractivity contribution in [1.82, 2.24) is 14.9 Å². The van der Waals surface area contributed by atoms with Crippen molar-refractivity contribution >= 4 is 23.0 Å². The predicted octanol–water partition coefficient (Wildman–Crippen LogP) is 6.99. The predicted molar refractivity (Wildman–Crippen MR) is 153 cm³/mol. The summed E-state index contributed by atoms with van der Waals surface area (Å²) in [4.78, 5) is 6.95. The van der Waals surface area contributed by atoms with Crippen LogP contribution < -0.4 is 15.0 Å². The molecule has 37 heavy (non-hydrogen) atoms. The Labute approximate surface area is 224 Å². The normalized spacial score (nSPS) is 19.8. The van der Waals surface area contributed by atoms with E-state index < -0.39 is 0 Å². The van der Waals surface area contributed by atoms with Crippen molar-refractivity contribution in [1.29, 1.82) is 0 Å². The van der Waals surface area contributed by atoms with E-state index in [1.54, 1.807) is 0 Å². The molecule has 5 nitrogen and oxygen atoms in total. The molecule has 3 heterocycles. The number of rotatable bonds is 6. The number of anilines is 1. The Kier molecular flexibility index (Phi) is 6.43. The van der Waals surface area contributed by atoms with Crippen LogP contribution in [0.4, 0.5) is 5.69 Å². The van der Waals surface area contributed by atoms with Crippen LogP contribution in [0.2, 0.25) is 0 Å². The molecule has 1 aliphatic heterocycles. The number of hydrogen-bond donors (Lipinski definition) is 1. The maximum Gasteiger partial charge on any atom is 0.174 e. The van der Waals surface area contributed by atoms with Gasteiger partial charge in [-0.05, 0) is 112 Å². The zero-order valence-electron chi connectivity index (χ0n) is 21.3. The number of nitrogens with zero attached hydrogens (tertiary/aromatic N) is 3. The molecule has 1 aliphatic carbocycles. The second-order valence-electron chi connectivity index (χ2n) is 10.0. The summed E-state index contributed by atoms with van der Waals surface area (Å²) in [5.74, 6) is 0.925. The van der Waals surface area contributed by atoms with E-state index in [-0.39, 0.29) is 12.1 Å². The summed E-state index contributed by atoms with van der Waals surface area (Å²) >= 11 is 5.95. The van der Waals surface area contributed by atoms with Crippen molar-refractivity contribution in [2.75, 3.05) is 4.90 Å². The Balaban J connectivity index is 1.41. The standard InChI is InChI=1S/C31H32N4OS/c1-21-20-27(22(2)34(21)23-10-4-3-5-11-23)30-29(28-14-8-9-19-32-28)33-31(37)35(30)24-15-17-26(18-16-24)36-25-12-6-7-13-25/h3-5,8-11,14-20,25,29-30H,6-7,12-13H2,1-2H3,(H,33,37)/t29-,30-/m1/s1. The van der Waals surface area contributed by atoms with Crippen molar-refractivity contribution < 1.29 is 4.74 Å². The van der Waals surface area contributed by atoms with Crippen LogP contribution in [0, 0.1) is 13.8 Å². The molecule has 1 saturated heterocycles. The van der Waals surface area contributed by atoms with Crippen LogP contribution in [0.3, 0.4) is 0 Å². The fraction of sp³-hybridized carbons (Fsp3) is 0.290. The van der Waals surface area contributed by atoms with E-state index in [2.05, 4.69) is 95.4 Å². The molecule has 1 saturated carbocycles. The summed E-state index contributed by atoms with van der Waals surface area (Å²) in [6, 6.07) is 27.2. The van der Waals surface area contributed by atoms with Crippen LogP contribution >= 0.6 is 12.2 Å². The molecule has 188 valence electrons. The fourth-order valence-electron chi connectivity index (χ4n) is 5.89. The quantitative estimate of drug-likeness (QED) is 0.284. The van der Waals surface area contributed by atoms with Crippen molar-refractivity contribution in [2.24, 2.45) is 0 Å². The molecule has 0 bridgehead atoms. The topological polar surface area (TPSA) is 42.3 Å². The molecule has 4 aromatic rings. The monoisotopic (exact) mass is 508 g/mol. The van der Waals surface area contributed by atoms with E-state index >= 15 is 0 Å².